The third-order valence-corrected chi connectivity index (χ3v) is 6.01. The highest BCUT2D eigenvalue weighted by Crippen LogP contribution is 2.47. The quantitative estimate of drug-likeness (QED) is 0.566. The van der Waals surface area contributed by atoms with Gasteiger partial charge in [0.15, 0.2) is 0 Å². The van der Waals surface area contributed by atoms with Crippen LogP contribution < -0.4 is 4.90 Å². The van der Waals surface area contributed by atoms with E-state index < -0.39 is 10.7 Å². The predicted octanol–water partition coefficient (Wildman–Crippen LogP) is 2.84. The van der Waals surface area contributed by atoms with Crippen LogP contribution in [0.2, 0.25) is 0 Å². The lowest BCUT2D eigenvalue weighted by Crippen LogP contribution is -2.57. The molecule has 1 amide bonds. The number of thioether (sulfide) groups is 1. The van der Waals surface area contributed by atoms with Crippen molar-refractivity contribution < 1.29 is 14.3 Å². The summed E-state index contributed by atoms with van der Waals surface area (Å²) in [6.07, 6.45) is 0.289. The third-order valence-electron chi connectivity index (χ3n) is 4.61. The first kappa shape index (κ1) is 19.5. The second-order valence-corrected chi connectivity index (χ2v) is 8.15. The van der Waals surface area contributed by atoms with Gasteiger partial charge in [-0.25, -0.2) is 4.79 Å². The van der Waals surface area contributed by atoms with E-state index in [0.29, 0.717) is 13.1 Å². The minimum Gasteiger partial charge on any atom is -0.468 e. The number of ether oxygens (including phenoxy) is 1. The van der Waals surface area contributed by atoms with Gasteiger partial charge >= 0.3 is 5.97 Å². The van der Waals surface area contributed by atoms with Crippen LogP contribution in [0.4, 0.5) is 5.69 Å². The van der Waals surface area contributed by atoms with E-state index in [2.05, 4.69) is 0 Å². The lowest BCUT2D eigenvalue weighted by Gasteiger charge is -2.40. The summed E-state index contributed by atoms with van der Waals surface area (Å²) in [6, 6.07) is 17.3. The number of hydrogen-bond donors (Lipinski definition) is 0. The molecule has 0 saturated heterocycles. The fourth-order valence-electron chi connectivity index (χ4n) is 3.21. The lowest BCUT2D eigenvalue weighted by molar-refractivity contribution is -0.147. The SMILES string of the molecule is COC(=O)C1(Cc2ccccc2)Sc2ccccc2N(CCN(C)C)C1=O. The number of carbonyl (C=O) groups excluding carboxylic acids is 2. The monoisotopic (exact) mass is 384 g/mol. The molecule has 0 fully saturated rings. The van der Waals surface area contributed by atoms with Crippen LogP contribution in [-0.4, -0.2) is 55.8 Å². The summed E-state index contributed by atoms with van der Waals surface area (Å²) in [5.74, 6) is -0.727. The Morgan fingerprint density at radius 2 is 1.78 bits per heavy atom. The summed E-state index contributed by atoms with van der Waals surface area (Å²) in [4.78, 5) is 31.2. The lowest BCUT2D eigenvalue weighted by atomic mass is 9.96. The second kappa shape index (κ2) is 8.15. The number of fused-ring (bicyclic) bond motifs is 1. The van der Waals surface area contributed by atoms with Crippen molar-refractivity contribution >= 4 is 29.3 Å². The van der Waals surface area contributed by atoms with E-state index in [-0.39, 0.29) is 12.3 Å². The molecular formula is C21H24N2O3S. The minimum atomic E-state index is -1.32. The maximum absolute atomic E-state index is 13.6. The zero-order valence-corrected chi connectivity index (χ0v) is 16.7. The summed E-state index contributed by atoms with van der Waals surface area (Å²) < 4.78 is 3.78. The van der Waals surface area contributed by atoms with E-state index >= 15 is 0 Å². The van der Waals surface area contributed by atoms with Crippen LogP contribution in [0.25, 0.3) is 0 Å². The molecule has 1 heterocycles. The molecule has 1 atom stereocenters. The van der Waals surface area contributed by atoms with Crippen LogP contribution in [0.5, 0.6) is 0 Å². The summed E-state index contributed by atoms with van der Waals surface area (Å²) >= 11 is 1.30. The zero-order valence-electron chi connectivity index (χ0n) is 15.8. The molecule has 27 heavy (non-hydrogen) atoms. The van der Waals surface area contributed by atoms with Crippen molar-refractivity contribution in [2.24, 2.45) is 0 Å². The van der Waals surface area contributed by atoms with E-state index in [9.17, 15) is 9.59 Å². The normalized spacial score (nSPS) is 19.1. The number of likely N-dealkylation sites (N-methyl/N-ethyl adjacent to an activating group) is 1. The molecule has 0 radical (unpaired) electrons. The number of amides is 1. The molecule has 1 unspecified atom stereocenters. The fourth-order valence-corrected chi connectivity index (χ4v) is 4.62. The van der Waals surface area contributed by atoms with Gasteiger partial charge in [-0.15, -0.1) is 0 Å². The predicted molar refractivity (Wildman–Crippen MR) is 108 cm³/mol. The van der Waals surface area contributed by atoms with Gasteiger partial charge in [-0.3, -0.25) is 4.79 Å². The van der Waals surface area contributed by atoms with Crippen LogP contribution >= 0.6 is 11.8 Å². The van der Waals surface area contributed by atoms with E-state index in [1.165, 1.54) is 18.9 Å². The Hall–Kier alpha value is -2.31. The van der Waals surface area contributed by atoms with Gasteiger partial charge in [0, 0.05) is 24.4 Å². The summed E-state index contributed by atoms with van der Waals surface area (Å²) in [5, 5.41) is 0. The number of benzene rings is 2. The van der Waals surface area contributed by atoms with Crippen molar-refractivity contribution in [2.45, 2.75) is 16.1 Å². The van der Waals surface area contributed by atoms with Crippen molar-refractivity contribution in [1.29, 1.82) is 0 Å². The number of carbonyl (C=O) groups is 2. The van der Waals surface area contributed by atoms with E-state index in [4.69, 9.17) is 4.74 Å². The van der Waals surface area contributed by atoms with Gasteiger partial charge in [-0.1, -0.05) is 54.2 Å². The molecule has 2 aromatic carbocycles. The van der Waals surface area contributed by atoms with Gasteiger partial charge in [-0.2, -0.15) is 0 Å². The molecule has 2 aromatic rings. The molecule has 0 aromatic heterocycles. The van der Waals surface area contributed by atoms with Gasteiger partial charge in [0.25, 0.3) is 5.91 Å². The first-order chi connectivity index (χ1) is 13.0. The van der Waals surface area contributed by atoms with Crippen molar-refractivity contribution in [2.75, 3.05) is 39.2 Å². The van der Waals surface area contributed by atoms with Crippen molar-refractivity contribution in [3.8, 4) is 0 Å². The highest BCUT2D eigenvalue weighted by molar-refractivity contribution is 8.02. The molecule has 142 valence electrons. The van der Waals surface area contributed by atoms with Crippen LogP contribution in [0.15, 0.2) is 59.5 Å². The smallest absolute Gasteiger partial charge is 0.332 e. The van der Waals surface area contributed by atoms with Gasteiger partial charge < -0.3 is 14.5 Å². The number of para-hydroxylation sites is 1. The topological polar surface area (TPSA) is 49.9 Å². The van der Waals surface area contributed by atoms with Crippen LogP contribution in [0.1, 0.15) is 5.56 Å². The minimum absolute atomic E-state index is 0.219. The van der Waals surface area contributed by atoms with Gasteiger partial charge in [0.2, 0.25) is 4.75 Å². The molecule has 0 aliphatic carbocycles. The maximum atomic E-state index is 13.6. The number of nitrogens with zero attached hydrogens (tertiary/aromatic N) is 2. The Balaban J connectivity index is 2.07. The Morgan fingerprint density at radius 3 is 2.44 bits per heavy atom. The Morgan fingerprint density at radius 1 is 1.11 bits per heavy atom. The van der Waals surface area contributed by atoms with Gasteiger partial charge in [0.05, 0.1) is 12.8 Å². The second-order valence-electron chi connectivity index (χ2n) is 6.81. The number of anilines is 1. The Bertz CT molecular complexity index is 825. The Kier molecular flexibility index (Phi) is 5.87. The van der Waals surface area contributed by atoms with Crippen molar-refractivity contribution in [3.63, 3.8) is 0 Å². The first-order valence-corrected chi connectivity index (χ1v) is 9.66. The van der Waals surface area contributed by atoms with Crippen LogP contribution in [0, 0.1) is 0 Å². The summed E-state index contributed by atoms with van der Waals surface area (Å²) in [6.45, 7) is 1.21. The molecule has 0 spiro atoms. The van der Waals surface area contributed by atoms with Crippen molar-refractivity contribution in [1.82, 2.24) is 4.90 Å². The van der Waals surface area contributed by atoms with E-state index in [1.54, 1.807) is 4.90 Å². The van der Waals surface area contributed by atoms with Gasteiger partial charge in [0.1, 0.15) is 0 Å². The van der Waals surface area contributed by atoms with Crippen LogP contribution in [0.3, 0.4) is 0 Å². The fraction of sp³-hybridized carbons (Fsp3) is 0.333. The Labute approximate surface area is 164 Å². The number of rotatable bonds is 6. The molecule has 1 aliphatic rings. The zero-order chi connectivity index (χ0) is 19.4. The maximum Gasteiger partial charge on any atom is 0.332 e. The average Bonchev–Trinajstić information content (AvgIpc) is 2.68. The van der Waals surface area contributed by atoms with Crippen molar-refractivity contribution in [3.05, 3.63) is 60.2 Å². The molecule has 0 saturated carbocycles. The largest absolute Gasteiger partial charge is 0.468 e. The molecule has 0 N–H and O–H groups in total. The number of hydrogen-bond acceptors (Lipinski definition) is 5. The van der Waals surface area contributed by atoms with E-state index in [0.717, 1.165) is 16.1 Å². The molecule has 5 nitrogen and oxygen atoms in total. The highest BCUT2D eigenvalue weighted by Gasteiger charge is 2.53. The average molecular weight is 385 g/mol. The molecule has 3 rings (SSSR count). The number of esters is 1. The summed E-state index contributed by atoms with van der Waals surface area (Å²) in [7, 11) is 5.27. The van der Waals surface area contributed by atoms with E-state index in [1.807, 2.05) is 73.6 Å². The highest BCUT2D eigenvalue weighted by atomic mass is 32.2. The van der Waals surface area contributed by atoms with Crippen LogP contribution in [-0.2, 0) is 20.7 Å². The standard InChI is InChI=1S/C21H24N2O3S/c1-22(2)13-14-23-17-11-7-8-12-18(17)27-21(19(23)24,20(25)26-3)15-16-9-5-4-6-10-16/h4-12H,13-15H2,1-3H3. The summed E-state index contributed by atoms with van der Waals surface area (Å²) in [5.41, 5.74) is 1.78. The number of methoxy groups -OCH3 is 1. The molecule has 6 heteroatoms. The molecule has 0 bridgehead atoms. The first-order valence-electron chi connectivity index (χ1n) is 8.85. The molecular weight excluding hydrogens is 360 g/mol. The molecule has 1 aliphatic heterocycles. The third kappa shape index (κ3) is 3.87. The van der Waals surface area contributed by atoms with Gasteiger partial charge in [-0.05, 0) is 31.8 Å².